The molecule has 0 N–H and O–H groups in total. The van der Waals surface area contributed by atoms with Gasteiger partial charge < -0.3 is 9.64 Å². The number of fused-ring (bicyclic) bond motifs is 1. The number of hydrogen-bond acceptors (Lipinski definition) is 6. The Morgan fingerprint density at radius 1 is 1.15 bits per heavy atom. The van der Waals surface area contributed by atoms with Gasteiger partial charge in [0.25, 0.3) is 0 Å². The molecule has 3 heterocycles. The second kappa shape index (κ2) is 7.56. The Kier molecular flexibility index (Phi) is 4.98. The summed E-state index contributed by atoms with van der Waals surface area (Å²) in [6.07, 6.45) is 1.69. The smallest absolute Gasteiger partial charge is 0.304 e. The van der Waals surface area contributed by atoms with Crippen LogP contribution in [0.5, 0.6) is 11.8 Å². The molecule has 1 aliphatic rings. The molecule has 0 atom stereocenters. The van der Waals surface area contributed by atoms with Gasteiger partial charge in [-0.1, -0.05) is 23.7 Å². The van der Waals surface area contributed by atoms with E-state index in [0.29, 0.717) is 23.3 Å². The number of benzene rings is 1. The number of halogens is 1. The molecule has 0 spiro atoms. The van der Waals surface area contributed by atoms with Crippen LogP contribution in [-0.2, 0) is 22.9 Å². The molecule has 0 radical (unpaired) electrons. The SMILES string of the molecule is Cc1ccc(Oc2nc3c(n2Cc2ccc(Cl)cc2)COOCN3C)cn1. The van der Waals surface area contributed by atoms with Crippen LogP contribution in [-0.4, -0.2) is 28.3 Å². The molecule has 0 aliphatic carbocycles. The number of hydrogen-bond donors (Lipinski definition) is 0. The molecule has 8 heteroatoms. The van der Waals surface area contributed by atoms with Gasteiger partial charge in [-0.15, -0.1) is 0 Å². The van der Waals surface area contributed by atoms with E-state index < -0.39 is 0 Å². The second-order valence-electron chi connectivity index (χ2n) is 6.32. The van der Waals surface area contributed by atoms with Crippen molar-refractivity contribution in [2.45, 2.75) is 20.1 Å². The number of imidazole rings is 1. The number of rotatable bonds is 4. The molecule has 140 valence electrons. The third-order valence-electron chi connectivity index (χ3n) is 4.25. The predicted molar refractivity (Wildman–Crippen MR) is 101 cm³/mol. The lowest BCUT2D eigenvalue weighted by Gasteiger charge is -2.12. The Morgan fingerprint density at radius 2 is 1.96 bits per heavy atom. The molecule has 0 amide bonds. The molecule has 0 fully saturated rings. The molecule has 3 aromatic rings. The van der Waals surface area contributed by atoms with Crippen LogP contribution in [0.4, 0.5) is 5.82 Å². The lowest BCUT2D eigenvalue weighted by Crippen LogP contribution is -2.19. The van der Waals surface area contributed by atoms with Gasteiger partial charge in [-0.25, -0.2) is 9.78 Å². The number of aromatic nitrogens is 3. The first kappa shape index (κ1) is 17.8. The summed E-state index contributed by atoms with van der Waals surface area (Å²) in [5.74, 6) is 1.38. The van der Waals surface area contributed by atoms with E-state index in [1.165, 1.54) is 0 Å². The minimum absolute atomic E-state index is 0.274. The first-order valence-electron chi connectivity index (χ1n) is 8.50. The molecular formula is C19H19ClN4O3. The lowest BCUT2D eigenvalue weighted by atomic mass is 10.2. The van der Waals surface area contributed by atoms with E-state index in [0.717, 1.165) is 22.8 Å². The van der Waals surface area contributed by atoms with Crippen molar-refractivity contribution in [3.05, 3.63) is 64.6 Å². The Labute approximate surface area is 162 Å². The fourth-order valence-electron chi connectivity index (χ4n) is 2.81. The highest BCUT2D eigenvalue weighted by Gasteiger charge is 2.24. The summed E-state index contributed by atoms with van der Waals surface area (Å²) in [5.41, 5.74) is 2.87. The number of aryl methyl sites for hydroxylation is 1. The van der Waals surface area contributed by atoms with Crippen molar-refractivity contribution in [2.75, 3.05) is 18.7 Å². The van der Waals surface area contributed by atoms with E-state index in [9.17, 15) is 0 Å². The normalized spacial score (nSPS) is 14.0. The summed E-state index contributed by atoms with van der Waals surface area (Å²) in [5, 5.41) is 0.696. The van der Waals surface area contributed by atoms with Crippen molar-refractivity contribution in [1.29, 1.82) is 0 Å². The van der Waals surface area contributed by atoms with Gasteiger partial charge in [0.05, 0.1) is 18.4 Å². The minimum Gasteiger partial charge on any atom is -0.424 e. The monoisotopic (exact) mass is 386 g/mol. The summed E-state index contributed by atoms with van der Waals surface area (Å²) in [6.45, 7) is 3.05. The minimum atomic E-state index is 0.274. The average Bonchev–Trinajstić information content (AvgIpc) is 2.88. The topological polar surface area (TPSA) is 61.6 Å². The Morgan fingerprint density at radius 3 is 2.70 bits per heavy atom. The van der Waals surface area contributed by atoms with Gasteiger partial charge in [0.2, 0.25) is 0 Å². The maximum atomic E-state index is 6.04. The number of ether oxygens (including phenoxy) is 1. The van der Waals surface area contributed by atoms with Gasteiger partial charge in [-0.3, -0.25) is 9.55 Å². The summed E-state index contributed by atoms with van der Waals surface area (Å²) < 4.78 is 8.02. The molecule has 0 unspecified atom stereocenters. The van der Waals surface area contributed by atoms with Crippen molar-refractivity contribution in [1.82, 2.24) is 14.5 Å². The van der Waals surface area contributed by atoms with Crippen LogP contribution in [0, 0.1) is 6.92 Å². The van der Waals surface area contributed by atoms with Crippen LogP contribution in [0.2, 0.25) is 5.02 Å². The number of pyridine rings is 1. The van der Waals surface area contributed by atoms with Crippen LogP contribution < -0.4 is 9.64 Å². The third kappa shape index (κ3) is 3.90. The first-order chi connectivity index (χ1) is 13.1. The second-order valence-corrected chi connectivity index (χ2v) is 6.76. The maximum Gasteiger partial charge on any atom is 0.304 e. The Balaban J connectivity index is 1.73. The highest BCUT2D eigenvalue weighted by Crippen LogP contribution is 2.31. The van der Waals surface area contributed by atoms with Crippen LogP contribution >= 0.6 is 11.6 Å². The van der Waals surface area contributed by atoms with E-state index in [1.807, 2.05) is 59.8 Å². The lowest BCUT2D eigenvalue weighted by molar-refractivity contribution is -0.300. The average molecular weight is 387 g/mol. The van der Waals surface area contributed by atoms with Crippen LogP contribution in [0.15, 0.2) is 42.6 Å². The number of anilines is 1. The first-order valence-corrected chi connectivity index (χ1v) is 8.88. The summed E-state index contributed by atoms with van der Waals surface area (Å²) in [4.78, 5) is 21.3. The van der Waals surface area contributed by atoms with Gasteiger partial charge in [-0.05, 0) is 36.8 Å². The van der Waals surface area contributed by atoms with E-state index in [2.05, 4.69) is 9.97 Å². The van der Waals surface area contributed by atoms with Crippen molar-refractivity contribution in [3.8, 4) is 11.8 Å². The van der Waals surface area contributed by atoms with Crippen LogP contribution in [0.1, 0.15) is 17.0 Å². The third-order valence-corrected chi connectivity index (χ3v) is 4.50. The van der Waals surface area contributed by atoms with Crippen molar-refractivity contribution >= 4 is 17.4 Å². The van der Waals surface area contributed by atoms with E-state index >= 15 is 0 Å². The van der Waals surface area contributed by atoms with E-state index in [4.69, 9.17) is 26.1 Å². The van der Waals surface area contributed by atoms with Gasteiger partial charge in [-0.2, -0.15) is 4.98 Å². The molecule has 0 saturated carbocycles. The van der Waals surface area contributed by atoms with Crippen molar-refractivity contribution in [2.24, 2.45) is 0 Å². The van der Waals surface area contributed by atoms with Gasteiger partial charge in [0.1, 0.15) is 12.4 Å². The van der Waals surface area contributed by atoms with E-state index in [-0.39, 0.29) is 13.3 Å². The molecule has 4 rings (SSSR count). The van der Waals surface area contributed by atoms with Crippen molar-refractivity contribution in [3.63, 3.8) is 0 Å². The molecule has 27 heavy (non-hydrogen) atoms. The predicted octanol–water partition coefficient (Wildman–Crippen LogP) is 3.94. The largest absolute Gasteiger partial charge is 0.424 e. The standard InChI is InChI=1S/C19H19ClN4O3/c1-13-3-8-16(9-21-13)27-19-22-18-17(11-25-26-12-23(18)2)24(19)10-14-4-6-15(20)7-5-14/h3-9H,10-12H2,1-2H3. The quantitative estimate of drug-likeness (QED) is 0.633. The van der Waals surface area contributed by atoms with Crippen LogP contribution in [0.25, 0.3) is 0 Å². The fourth-order valence-corrected chi connectivity index (χ4v) is 2.93. The van der Waals surface area contributed by atoms with Gasteiger partial charge in [0.15, 0.2) is 12.5 Å². The molecule has 1 aromatic carbocycles. The highest BCUT2D eigenvalue weighted by atomic mass is 35.5. The zero-order valence-electron chi connectivity index (χ0n) is 15.1. The molecule has 2 aromatic heterocycles. The summed E-state index contributed by atoms with van der Waals surface area (Å²) in [6, 6.07) is 11.9. The summed E-state index contributed by atoms with van der Waals surface area (Å²) >= 11 is 6.01. The Hall–Kier alpha value is -2.61. The number of nitrogens with zero attached hydrogens (tertiary/aromatic N) is 4. The molecular weight excluding hydrogens is 368 g/mol. The summed E-state index contributed by atoms with van der Waals surface area (Å²) in [7, 11) is 1.89. The van der Waals surface area contributed by atoms with E-state index in [1.54, 1.807) is 6.20 Å². The maximum absolute atomic E-state index is 6.04. The molecule has 0 bridgehead atoms. The Bertz CT molecular complexity index is 925. The molecule has 7 nitrogen and oxygen atoms in total. The van der Waals surface area contributed by atoms with Gasteiger partial charge in [0, 0.05) is 17.8 Å². The van der Waals surface area contributed by atoms with Crippen LogP contribution in [0.3, 0.4) is 0 Å². The van der Waals surface area contributed by atoms with Gasteiger partial charge >= 0.3 is 6.01 Å². The highest BCUT2D eigenvalue weighted by molar-refractivity contribution is 6.30. The fraction of sp³-hybridized carbons (Fsp3) is 0.263. The molecule has 0 saturated heterocycles. The zero-order chi connectivity index (χ0) is 18.8. The van der Waals surface area contributed by atoms with Crippen molar-refractivity contribution < 1.29 is 14.5 Å². The zero-order valence-corrected chi connectivity index (χ0v) is 15.8. The molecule has 1 aliphatic heterocycles.